The molecule has 0 fully saturated rings. The SMILES string of the molecule is Cc1ccc(SC[C@@H](N)C(=O)O)cc1C. The molecule has 3 nitrogen and oxygen atoms in total. The maximum absolute atomic E-state index is 10.5. The minimum absolute atomic E-state index is 0.401. The average molecular weight is 225 g/mol. The van der Waals surface area contributed by atoms with Gasteiger partial charge in [-0.25, -0.2) is 0 Å². The third kappa shape index (κ3) is 3.57. The molecule has 0 aliphatic rings. The van der Waals surface area contributed by atoms with Gasteiger partial charge in [-0.1, -0.05) is 6.07 Å². The number of hydrogen-bond donors (Lipinski definition) is 2. The first-order valence-electron chi connectivity index (χ1n) is 4.69. The monoisotopic (exact) mass is 225 g/mol. The summed E-state index contributed by atoms with van der Waals surface area (Å²) >= 11 is 1.47. The highest BCUT2D eigenvalue weighted by molar-refractivity contribution is 7.99. The Kier molecular flexibility index (Phi) is 4.17. The van der Waals surface area contributed by atoms with Crippen LogP contribution >= 0.6 is 11.8 Å². The molecule has 1 atom stereocenters. The van der Waals surface area contributed by atoms with Gasteiger partial charge in [-0.05, 0) is 37.1 Å². The Labute approximate surface area is 93.7 Å². The Morgan fingerprint density at radius 1 is 1.47 bits per heavy atom. The van der Waals surface area contributed by atoms with Gasteiger partial charge in [-0.15, -0.1) is 11.8 Å². The van der Waals surface area contributed by atoms with E-state index in [4.69, 9.17) is 10.8 Å². The van der Waals surface area contributed by atoms with E-state index >= 15 is 0 Å². The van der Waals surface area contributed by atoms with Crippen LogP contribution in [0.25, 0.3) is 0 Å². The van der Waals surface area contributed by atoms with Crippen LogP contribution in [0.5, 0.6) is 0 Å². The second-order valence-corrected chi connectivity index (χ2v) is 4.60. The third-order valence-electron chi connectivity index (χ3n) is 2.23. The summed E-state index contributed by atoms with van der Waals surface area (Å²) in [6, 6.07) is 5.27. The quantitative estimate of drug-likeness (QED) is 0.767. The van der Waals surface area contributed by atoms with Crippen molar-refractivity contribution < 1.29 is 9.90 Å². The van der Waals surface area contributed by atoms with E-state index in [2.05, 4.69) is 6.07 Å². The van der Waals surface area contributed by atoms with Crippen molar-refractivity contribution in [1.82, 2.24) is 0 Å². The highest BCUT2D eigenvalue weighted by Gasteiger charge is 2.11. The lowest BCUT2D eigenvalue weighted by atomic mass is 10.1. The Balaban J connectivity index is 2.58. The second kappa shape index (κ2) is 5.19. The zero-order valence-corrected chi connectivity index (χ0v) is 9.67. The van der Waals surface area contributed by atoms with Crippen molar-refractivity contribution in [3.8, 4) is 0 Å². The zero-order chi connectivity index (χ0) is 11.4. The lowest BCUT2D eigenvalue weighted by Gasteiger charge is -2.07. The average Bonchev–Trinajstić information content (AvgIpc) is 2.19. The Morgan fingerprint density at radius 3 is 2.67 bits per heavy atom. The van der Waals surface area contributed by atoms with Crippen LogP contribution < -0.4 is 5.73 Å². The maximum atomic E-state index is 10.5. The number of aryl methyl sites for hydroxylation is 2. The van der Waals surface area contributed by atoms with Crippen molar-refractivity contribution in [2.45, 2.75) is 24.8 Å². The van der Waals surface area contributed by atoms with Crippen LogP contribution in [0.15, 0.2) is 23.1 Å². The molecule has 3 N–H and O–H groups in total. The van der Waals surface area contributed by atoms with Crippen molar-refractivity contribution in [3.63, 3.8) is 0 Å². The lowest BCUT2D eigenvalue weighted by Crippen LogP contribution is -2.32. The minimum Gasteiger partial charge on any atom is -0.480 e. The van der Waals surface area contributed by atoms with Crippen LogP contribution in [-0.2, 0) is 4.79 Å². The molecule has 0 aliphatic carbocycles. The van der Waals surface area contributed by atoms with Crippen LogP contribution in [0.3, 0.4) is 0 Å². The second-order valence-electron chi connectivity index (χ2n) is 3.50. The molecule has 15 heavy (non-hydrogen) atoms. The number of thioether (sulfide) groups is 1. The van der Waals surface area contributed by atoms with E-state index in [-0.39, 0.29) is 0 Å². The van der Waals surface area contributed by atoms with Crippen molar-refractivity contribution in [2.75, 3.05) is 5.75 Å². The van der Waals surface area contributed by atoms with E-state index in [9.17, 15) is 4.79 Å². The summed E-state index contributed by atoms with van der Waals surface area (Å²) in [5.41, 5.74) is 7.86. The fraction of sp³-hybridized carbons (Fsp3) is 0.364. The summed E-state index contributed by atoms with van der Waals surface area (Å²) in [4.78, 5) is 11.6. The van der Waals surface area contributed by atoms with E-state index in [1.807, 2.05) is 26.0 Å². The number of carboxylic acids is 1. The highest BCUT2D eigenvalue weighted by Crippen LogP contribution is 2.21. The number of nitrogens with two attached hydrogens (primary N) is 1. The number of hydrogen-bond acceptors (Lipinski definition) is 3. The summed E-state index contributed by atoms with van der Waals surface area (Å²) in [6.45, 7) is 4.09. The molecule has 0 saturated carbocycles. The van der Waals surface area contributed by atoms with Gasteiger partial charge in [-0.2, -0.15) is 0 Å². The van der Waals surface area contributed by atoms with Gasteiger partial charge < -0.3 is 10.8 Å². The number of rotatable bonds is 4. The van der Waals surface area contributed by atoms with Gasteiger partial charge in [0.1, 0.15) is 6.04 Å². The van der Waals surface area contributed by atoms with Gasteiger partial charge in [-0.3, -0.25) is 4.79 Å². The topological polar surface area (TPSA) is 63.3 Å². The molecule has 1 aromatic rings. The minimum atomic E-state index is -0.952. The van der Waals surface area contributed by atoms with E-state index in [0.29, 0.717) is 5.75 Å². The summed E-state index contributed by atoms with van der Waals surface area (Å²) in [5, 5.41) is 8.62. The van der Waals surface area contributed by atoms with Crippen molar-refractivity contribution in [1.29, 1.82) is 0 Å². The summed E-state index contributed by atoms with van der Waals surface area (Å²) in [7, 11) is 0. The molecule has 0 aromatic heterocycles. The Hall–Kier alpha value is -1.00. The first-order valence-corrected chi connectivity index (χ1v) is 5.67. The van der Waals surface area contributed by atoms with Crippen molar-refractivity contribution in [2.24, 2.45) is 5.73 Å². The molecule has 1 rings (SSSR count). The highest BCUT2D eigenvalue weighted by atomic mass is 32.2. The van der Waals surface area contributed by atoms with Crippen molar-refractivity contribution >= 4 is 17.7 Å². The van der Waals surface area contributed by atoms with E-state index in [1.165, 1.54) is 22.9 Å². The normalized spacial score (nSPS) is 12.5. The van der Waals surface area contributed by atoms with Gasteiger partial charge in [0.2, 0.25) is 0 Å². The maximum Gasteiger partial charge on any atom is 0.321 e. The van der Waals surface area contributed by atoms with Gasteiger partial charge in [0.05, 0.1) is 0 Å². The van der Waals surface area contributed by atoms with Gasteiger partial charge >= 0.3 is 5.97 Å². The van der Waals surface area contributed by atoms with Gasteiger partial charge in [0.25, 0.3) is 0 Å². The number of aliphatic carboxylic acids is 1. The molecular weight excluding hydrogens is 210 g/mol. The molecular formula is C11H15NO2S. The van der Waals surface area contributed by atoms with E-state index in [0.717, 1.165) is 4.90 Å². The predicted molar refractivity (Wildman–Crippen MR) is 62.3 cm³/mol. The van der Waals surface area contributed by atoms with Crippen molar-refractivity contribution in [3.05, 3.63) is 29.3 Å². The fourth-order valence-corrected chi connectivity index (χ4v) is 2.00. The Morgan fingerprint density at radius 2 is 2.13 bits per heavy atom. The molecule has 0 saturated heterocycles. The molecule has 0 spiro atoms. The fourth-order valence-electron chi connectivity index (χ4n) is 1.06. The first kappa shape index (κ1) is 12.1. The number of benzene rings is 1. The lowest BCUT2D eigenvalue weighted by molar-refractivity contribution is -0.137. The zero-order valence-electron chi connectivity index (χ0n) is 8.86. The molecule has 0 bridgehead atoms. The predicted octanol–water partition coefficient (Wildman–Crippen LogP) is 1.81. The number of carbonyl (C=O) groups is 1. The molecule has 0 heterocycles. The summed E-state index contributed by atoms with van der Waals surface area (Å²) in [5.74, 6) is -0.552. The number of carboxylic acid groups (broad SMARTS) is 1. The van der Waals surface area contributed by atoms with Crippen LogP contribution in [0.1, 0.15) is 11.1 Å². The largest absolute Gasteiger partial charge is 0.480 e. The van der Waals surface area contributed by atoms with E-state index in [1.54, 1.807) is 0 Å². The smallest absolute Gasteiger partial charge is 0.321 e. The standard InChI is InChI=1S/C11H15NO2S/c1-7-3-4-9(5-8(7)2)15-6-10(12)11(13)14/h3-5,10H,6,12H2,1-2H3,(H,13,14)/t10-/m1/s1. The summed E-state index contributed by atoms with van der Waals surface area (Å²) in [6.07, 6.45) is 0. The van der Waals surface area contributed by atoms with Gasteiger partial charge in [0.15, 0.2) is 0 Å². The molecule has 4 heteroatoms. The molecule has 1 aromatic carbocycles. The molecule has 0 radical (unpaired) electrons. The Bertz CT molecular complexity index is 366. The van der Waals surface area contributed by atoms with Gasteiger partial charge in [0, 0.05) is 10.6 Å². The molecule has 0 aliphatic heterocycles. The van der Waals surface area contributed by atoms with Crippen LogP contribution in [0.4, 0.5) is 0 Å². The van der Waals surface area contributed by atoms with Crippen LogP contribution in [-0.4, -0.2) is 22.9 Å². The summed E-state index contributed by atoms with van der Waals surface area (Å²) < 4.78 is 0. The molecule has 0 amide bonds. The van der Waals surface area contributed by atoms with E-state index < -0.39 is 12.0 Å². The third-order valence-corrected chi connectivity index (χ3v) is 3.34. The first-order chi connectivity index (χ1) is 7.00. The van der Waals surface area contributed by atoms with Crippen LogP contribution in [0.2, 0.25) is 0 Å². The molecule has 0 unspecified atom stereocenters. The van der Waals surface area contributed by atoms with Crippen LogP contribution in [0, 0.1) is 13.8 Å². The molecule has 82 valence electrons.